The standard InChI is InChI=1S/C9H6ClNO2S2/c10-8-6-5(12-2-3-13-6)7(15-8)9-11-1-4-14-9/h1,4H,2-3H2. The van der Waals surface area contributed by atoms with E-state index in [9.17, 15) is 0 Å². The lowest BCUT2D eigenvalue weighted by atomic mass is 10.4. The van der Waals surface area contributed by atoms with Gasteiger partial charge in [0.05, 0.1) is 0 Å². The van der Waals surface area contributed by atoms with Gasteiger partial charge in [-0.1, -0.05) is 11.6 Å². The maximum atomic E-state index is 6.07. The van der Waals surface area contributed by atoms with Gasteiger partial charge in [-0.3, -0.25) is 0 Å². The molecule has 2 aromatic rings. The third-order valence-corrected chi connectivity index (χ3v) is 4.26. The van der Waals surface area contributed by atoms with Gasteiger partial charge in [-0.2, -0.15) is 0 Å². The summed E-state index contributed by atoms with van der Waals surface area (Å²) >= 11 is 9.09. The molecule has 0 fully saturated rings. The molecule has 0 amide bonds. The van der Waals surface area contributed by atoms with Crippen molar-refractivity contribution in [3.05, 3.63) is 15.9 Å². The monoisotopic (exact) mass is 259 g/mol. The highest BCUT2D eigenvalue weighted by Crippen LogP contribution is 2.51. The van der Waals surface area contributed by atoms with Crippen LogP contribution in [0, 0.1) is 0 Å². The Morgan fingerprint density at radius 1 is 1.27 bits per heavy atom. The largest absolute Gasteiger partial charge is 0.484 e. The summed E-state index contributed by atoms with van der Waals surface area (Å²) in [7, 11) is 0. The molecule has 0 spiro atoms. The van der Waals surface area contributed by atoms with Gasteiger partial charge in [-0.15, -0.1) is 22.7 Å². The number of hydrogen-bond donors (Lipinski definition) is 0. The van der Waals surface area contributed by atoms with Crippen molar-refractivity contribution in [1.82, 2.24) is 4.98 Å². The second kappa shape index (κ2) is 3.66. The minimum Gasteiger partial charge on any atom is -0.484 e. The molecule has 3 rings (SSSR count). The van der Waals surface area contributed by atoms with Gasteiger partial charge in [0.2, 0.25) is 0 Å². The summed E-state index contributed by atoms with van der Waals surface area (Å²) in [6, 6.07) is 0. The van der Waals surface area contributed by atoms with Crippen molar-refractivity contribution >= 4 is 34.3 Å². The van der Waals surface area contributed by atoms with Gasteiger partial charge in [-0.25, -0.2) is 4.98 Å². The minimum atomic E-state index is 0.556. The molecule has 15 heavy (non-hydrogen) atoms. The van der Waals surface area contributed by atoms with Gasteiger partial charge >= 0.3 is 0 Å². The van der Waals surface area contributed by atoms with Crippen LogP contribution in [0.4, 0.5) is 0 Å². The molecule has 0 bridgehead atoms. The smallest absolute Gasteiger partial charge is 0.191 e. The lowest BCUT2D eigenvalue weighted by Crippen LogP contribution is -2.14. The van der Waals surface area contributed by atoms with Crippen molar-refractivity contribution in [2.75, 3.05) is 13.2 Å². The first-order valence-corrected chi connectivity index (χ1v) is 6.41. The molecule has 0 saturated heterocycles. The van der Waals surface area contributed by atoms with E-state index in [2.05, 4.69) is 4.98 Å². The predicted molar refractivity (Wildman–Crippen MR) is 61.4 cm³/mol. The van der Waals surface area contributed by atoms with Crippen LogP contribution in [0.15, 0.2) is 11.6 Å². The molecule has 3 heterocycles. The Hall–Kier alpha value is -0.780. The van der Waals surface area contributed by atoms with Crippen LogP contribution in [0.3, 0.4) is 0 Å². The summed E-state index contributed by atoms with van der Waals surface area (Å²) in [6.45, 7) is 1.12. The van der Waals surface area contributed by atoms with Crippen molar-refractivity contribution in [2.45, 2.75) is 0 Å². The van der Waals surface area contributed by atoms with E-state index < -0.39 is 0 Å². The van der Waals surface area contributed by atoms with E-state index >= 15 is 0 Å². The molecular formula is C9H6ClNO2S2. The summed E-state index contributed by atoms with van der Waals surface area (Å²) in [5, 5.41) is 2.85. The maximum Gasteiger partial charge on any atom is 0.191 e. The lowest BCUT2D eigenvalue weighted by Gasteiger charge is -2.15. The Morgan fingerprint density at radius 3 is 2.80 bits per heavy atom. The zero-order valence-electron chi connectivity index (χ0n) is 7.53. The Kier molecular flexibility index (Phi) is 2.31. The second-order valence-corrected chi connectivity index (χ2v) is 5.41. The third-order valence-electron chi connectivity index (χ3n) is 1.99. The van der Waals surface area contributed by atoms with Crippen LogP contribution < -0.4 is 9.47 Å². The molecule has 78 valence electrons. The zero-order valence-corrected chi connectivity index (χ0v) is 9.92. The van der Waals surface area contributed by atoms with Crippen molar-refractivity contribution in [3.63, 3.8) is 0 Å². The van der Waals surface area contributed by atoms with Gasteiger partial charge in [0.1, 0.15) is 27.4 Å². The van der Waals surface area contributed by atoms with Crippen LogP contribution >= 0.6 is 34.3 Å². The Bertz CT molecular complexity index is 481. The van der Waals surface area contributed by atoms with Gasteiger partial charge in [0.25, 0.3) is 0 Å². The lowest BCUT2D eigenvalue weighted by molar-refractivity contribution is 0.174. The van der Waals surface area contributed by atoms with E-state index in [1.807, 2.05) is 5.38 Å². The summed E-state index contributed by atoms with van der Waals surface area (Å²) in [5.41, 5.74) is 0. The number of halogens is 1. The first-order valence-electron chi connectivity index (χ1n) is 4.34. The fraction of sp³-hybridized carbons (Fsp3) is 0.222. The Morgan fingerprint density at radius 2 is 2.07 bits per heavy atom. The van der Waals surface area contributed by atoms with Gasteiger partial charge < -0.3 is 9.47 Å². The molecule has 0 aromatic carbocycles. The SMILES string of the molecule is Clc1sc(-c2nccs2)c2c1OCCO2. The van der Waals surface area contributed by atoms with Crippen LogP contribution in [-0.4, -0.2) is 18.2 Å². The average Bonchev–Trinajstić information content (AvgIpc) is 2.87. The molecular weight excluding hydrogens is 254 g/mol. The first kappa shape index (κ1) is 9.45. The average molecular weight is 260 g/mol. The normalized spacial score (nSPS) is 14.2. The molecule has 2 aromatic heterocycles. The molecule has 1 aliphatic rings. The number of hydrogen-bond acceptors (Lipinski definition) is 5. The van der Waals surface area contributed by atoms with Crippen LogP contribution in [0.5, 0.6) is 11.5 Å². The van der Waals surface area contributed by atoms with E-state index in [0.29, 0.717) is 23.3 Å². The molecule has 1 aliphatic heterocycles. The quantitative estimate of drug-likeness (QED) is 0.788. The molecule has 3 nitrogen and oxygen atoms in total. The van der Waals surface area contributed by atoms with E-state index in [1.54, 1.807) is 17.5 Å². The predicted octanol–water partition coefficient (Wildman–Crippen LogP) is 3.30. The molecule has 0 atom stereocenters. The van der Waals surface area contributed by atoms with E-state index in [4.69, 9.17) is 21.1 Å². The van der Waals surface area contributed by atoms with Gasteiger partial charge in [0.15, 0.2) is 11.5 Å². The van der Waals surface area contributed by atoms with E-state index in [0.717, 1.165) is 15.6 Å². The summed E-state index contributed by atoms with van der Waals surface area (Å²) in [4.78, 5) is 5.21. The van der Waals surface area contributed by atoms with Crippen LogP contribution in [0.25, 0.3) is 9.88 Å². The maximum absolute atomic E-state index is 6.07. The number of nitrogens with zero attached hydrogens (tertiary/aromatic N) is 1. The topological polar surface area (TPSA) is 31.4 Å². The Labute approximate surface area is 99.2 Å². The number of thiophene rings is 1. The molecule has 0 N–H and O–H groups in total. The highest BCUT2D eigenvalue weighted by Gasteiger charge is 2.25. The molecule has 0 saturated carbocycles. The van der Waals surface area contributed by atoms with Crippen LogP contribution in [-0.2, 0) is 0 Å². The first-order chi connectivity index (χ1) is 7.36. The van der Waals surface area contributed by atoms with Gasteiger partial charge in [0, 0.05) is 11.6 Å². The van der Waals surface area contributed by atoms with Crippen LogP contribution in [0.2, 0.25) is 4.34 Å². The fourth-order valence-corrected chi connectivity index (χ4v) is 3.41. The molecule has 0 aliphatic carbocycles. The number of aromatic nitrogens is 1. The highest BCUT2D eigenvalue weighted by atomic mass is 35.5. The molecule has 0 unspecified atom stereocenters. The minimum absolute atomic E-state index is 0.556. The molecule has 6 heteroatoms. The van der Waals surface area contributed by atoms with Crippen LogP contribution in [0.1, 0.15) is 0 Å². The second-order valence-electron chi connectivity index (χ2n) is 2.90. The van der Waals surface area contributed by atoms with E-state index in [-0.39, 0.29) is 0 Å². The third kappa shape index (κ3) is 1.51. The van der Waals surface area contributed by atoms with E-state index in [1.165, 1.54) is 11.3 Å². The number of rotatable bonds is 1. The number of thiazole rings is 1. The van der Waals surface area contributed by atoms with Gasteiger partial charge in [-0.05, 0) is 0 Å². The number of ether oxygens (including phenoxy) is 2. The number of fused-ring (bicyclic) bond motifs is 1. The zero-order chi connectivity index (χ0) is 10.3. The summed E-state index contributed by atoms with van der Waals surface area (Å²) < 4.78 is 11.7. The van der Waals surface area contributed by atoms with Crippen molar-refractivity contribution < 1.29 is 9.47 Å². The molecule has 0 radical (unpaired) electrons. The van der Waals surface area contributed by atoms with Crippen molar-refractivity contribution in [3.8, 4) is 21.4 Å². The van der Waals surface area contributed by atoms with Crippen molar-refractivity contribution in [1.29, 1.82) is 0 Å². The summed E-state index contributed by atoms with van der Waals surface area (Å²) in [5.74, 6) is 1.41. The Balaban J connectivity index is 2.16. The van der Waals surface area contributed by atoms with Crippen molar-refractivity contribution in [2.24, 2.45) is 0 Å². The summed E-state index contributed by atoms with van der Waals surface area (Å²) in [6.07, 6.45) is 1.77. The highest BCUT2D eigenvalue weighted by molar-refractivity contribution is 7.24. The fourth-order valence-electron chi connectivity index (χ4n) is 1.39.